The van der Waals surface area contributed by atoms with Gasteiger partial charge in [-0.1, -0.05) is 27.2 Å². The Bertz CT molecular complexity index is 680. The summed E-state index contributed by atoms with van der Waals surface area (Å²) in [6.07, 6.45) is 3.23. The van der Waals surface area contributed by atoms with Gasteiger partial charge in [0.15, 0.2) is 0 Å². The zero-order valence-electron chi connectivity index (χ0n) is 17.7. The van der Waals surface area contributed by atoms with E-state index in [2.05, 4.69) is 13.8 Å². The molecule has 0 aliphatic heterocycles. The lowest BCUT2D eigenvalue weighted by Crippen LogP contribution is -2.64. The molecule has 0 radical (unpaired) electrons. The van der Waals surface area contributed by atoms with Crippen molar-refractivity contribution in [3.05, 3.63) is 11.6 Å². The number of esters is 3. The van der Waals surface area contributed by atoms with Gasteiger partial charge in [-0.25, -0.2) is 0 Å². The quantitative estimate of drug-likeness (QED) is 0.433. The van der Waals surface area contributed by atoms with Crippen molar-refractivity contribution < 1.29 is 33.7 Å². The maximum atomic E-state index is 12.2. The minimum atomic E-state index is -1.57. The van der Waals surface area contributed by atoms with Crippen LogP contribution < -0.4 is 0 Å². The summed E-state index contributed by atoms with van der Waals surface area (Å²) in [6, 6.07) is 0. The maximum absolute atomic E-state index is 12.2. The van der Waals surface area contributed by atoms with Crippen LogP contribution in [0.25, 0.3) is 0 Å². The SMILES string of the molecule is COC(=O)C[C@@]1(O)C(COC(C)=O)=C[C@H](OC(C)=O)C2C(C)(C)CCC[C@@]21C. The van der Waals surface area contributed by atoms with Crippen LogP contribution >= 0.6 is 0 Å². The molecule has 2 aliphatic carbocycles. The van der Waals surface area contributed by atoms with E-state index in [4.69, 9.17) is 14.2 Å². The third-order valence-electron chi connectivity index (χ3n) is 6.58. The molecule has 1 saturated carbocycles. The van der Waals surface area contributed by atoms with Crippen LogP contribution in [-0.2, 0) is 28.6 Å². The molecule has 7 nitrogen and oxygen atoms in total. The van der Waals surface area contributed by atoms with Gasteiger partial charge in [-0.05, 0) is 29.9 Å². The smallest absolute Gasteiger partial charge is 0.308 e. The summed E-state index contributed by atoms with van der Waals surface area (Å²) in [5, 5.41) is 11.9. The molecular formula is C21H32O7. The Hall–Kier alpha value is -1.89. The van der Waals surface area contributed by atoms with Crippen molar-refractivity contribution in [2.24, 2.45) is 16.7 Å². The summed E-state index contributed by atoms with van der Waals surface area (Å²) in [6.45, 7) is 8.56. The van der Waals surface area contributed by atoms with E-state index in [-0.39, 0.29) is 24.4 Å². The van der Waals surface area contributed by atoms with Crippen molar-refractivity contribution in [1.82, 2.24) is 0 Å². The van der Waals surface area contributed by atoms with E-state index < -0.39 is 35.0 Å². The topological polar surface area (TPSA) is 99.1 Å². The molecule has 0 aromatic carbocycles. The third kappa shape index (κ3) is 3.95. The maximum Gasteiger partial charge on any atom is 0.308 e. The molecule has 1 fully saturated rings. The summed E-state index contributed by atoms with van der Waals surface area (Å²) < 4.78 is 15.6. The molecule has 0 saturated heterocycles. The summed E-state index contributed by atoms with van der Waals surface area (Å²) in [5.41, 5.74) is -2.21. The monoisotopic (exact) mass is 396 g/mol. The number of rotatable bonds is 5. The van der Waals surface area contributed by atoms with Crippen LogP contribution in [0.4, 0.5) is 0 Å². The van der Waals surface area contributed by atoms with Crippen molar-refractivity contribution in [3.63, 3.8) is 0 Å². The van der Waals surface area contributed by atoms with Crippen LogP contribution in [0.5, 0.6) is 0 Å². The lowest BCUT2D eigenvalue weighted by atomic mass is 9.45. The number of aliphatic hydroxyl groups is 1. The van der Waals surface area contributed by atoms with Gasteiger partial charge in [0.1, 0.15) is 18.3 Å². The number of carbonyl (C=O) groups excluding carboxylic acids is 3. The van der Waals surface area contributed by atoms with Crippen LogP contribution in [0.3, 0.4) is 0 Å². The van der Waals surface area contributed by atoms with Crippen LogP contribution in [0.15, 0.2) is 11.6 Å². The molecule has 4 atom stereocenters. The predicted molar refractivity (Wildman–Crippen MR) is 101 cm³/mol. The van der Waals surface area contributed by atoms with Crippen molar-refractivity contribution in [2.75, 3.05) is 13.7 Å². The third-order valence-corrected chi connectivity index (χ3v) is 6.58. The fourth-order valence-corrected chi connectivity index (χ4v) is 5.39. The van der Waals surface area contributed by atoms with Crippen LogP contribution in [-0.4, -0.2) is 48.4 Å². The van der Waals surface area contributed by atoms with E-state index in [0.717, 1.165) is 12.8 Å². The first-order valence-electron chi connectivity index (χ1n) is 9.68. The minimum absolute atomic E-state index is 0.177. The number of hydrogen-bond donors (Lipinski definition) is 1. The zero-order valence-corrected chi connectivity index (χ0v) is 17.7. The first-order chi connectivity index (χ1) is 12.9. The Balaban J connectivity index is 2.65. The average molecular weight is 396 g/mol. The normalized spacial score (nSPS) is 33.9. The molecule has 158 valence electrons. The minimum Gasteiger partial charge on any atom is -0.469 e. The number of carbonyl (C=O) groups is 3. The van der Waals surface area contributed by atoms with Gasteiger partial charge in [-0.3, -0.25) is 14.4 Å². The molecule has 1 unspecified atom stereocenters. The molecule has 2 rings (SSSR count). The molecule has 7 heteroatoms. The van der Waals surface area contributed by atoms with Crippen LogP contribution in [0.2, 0.25) is 0 Å². The summed E-state index contributed by atoms with van der Waals surface area (Å²) in [4.78, 5) is 35.4. The summed E-state index contributed by atoms with van der Waals surface area (Å²) in [5.74, 6) is -1.68. The highest BCUT2D eigenvalue weighted by atomic mass is 16.5. The summed E-state index contributed by atoms with van der Waals surface area (Å²) >= 11 is 0. The molecule has 0 aromatic heterocycles. The molecule has 2 aliphatic rings. The first kappa shape index (κ1) is 22.4. The highest BCUT2D eigenvalue weighted by molar-refractivity contribution is 5.72. The van der Waals surface area contributed by atoms with E-state index in [0.29, 0.717) is 12.0 Å². The van der Waals surface area contributed by atoms with Gasteiger partial charge in [0, 0.05) is 25.2 Å². The molecule has 28 heavy (non-hydrogen) atoms. The van der Waals surface area contributed by atoms with Gasteiger partial charge in [0.25, 0.3) is 0 Å². The molecule has 1 N–H and O–H groups in total. The lowest BCUT2D eigenvalue weighted by molar-refractivity contribution is -0.197. The van der Waals surface area contributed by atoms with E-state index in [1.165, 1.54) is 21.0 Å². The van der Waals surface area contributed by atoms with Gasteiger partial charge in [0.05, 0.1) is 13.5 Å². The van der Waals surface area contributed by atoms with Gasteiger partial charge in [-0.2, -0.15) is 0 Å². The van der Waals surface area contributed by atoms with Gasteiger partial charge in [0.2, 0.25) is 0 Å². The van der Waals surface area contributed by atoms with E-state index in [1.54, 1.807) is 6.08 Å². The Morgan fingerprint density at radius 3 is 2.32 bits per heavy atom. The van der Waals surface area contributed by atoms with Gasteiger partial charge >= 0.3 is 17.9 Å². The second-order valence-corrected chi connectivity index (χ2v) is 8.90. The molecule has 0 aromatic rings. The summed E-state index contributed by atoms with van der Waals surface area (Å²) in [7, 11) is 1.27. The Labute approximate surface area is 166 Å². The van der Waals surface area contributed by atoms with Crippen LogP contribution in [0, 0.1) is 16.7 Å². The second-order valence-electron chi connectivity index (χ2n) is 8.90. The van der Waals surface area contributed by atoms with Crippen molar-refractivity contribution in [1.29, 1.82) is 0 Å². The number of hydrogen-bond acceptors (Lipinski definition) is 7. The molecule has 0 bridgehead atoms. The largest absolute Gasteiger partial charge is 0.469 e. The number of ether oxygens (including phenoxy) is 3. The molecular weight excluding hydrogens is 364 g/mol. The average Bonchev–Trinajstić information content (AvgIpc) is 2.55. The Kier molecular flexibility index (Phi) is 6.28. The standard InChI is InChI=1S/C21H32O7/c1-13(22)27-12-15-10-16(28-14(2)23)18-19(3,4)8-7-9-20(18,5)21(15,25)11-17(24)26-6/h10,16,18,25H,7-9,11-12H2,1-6H3/t16-,18?,20-,21+/m0/s1. The first-order valence-corrected chi connectivity index (χ1v) is 9.68. The Morgan fingerprint density at radius 2 is 1.79 bits per heavy atom. The number of methoxy groups -OCH3 is 1. The van der Waals surface area contributed by atoms with Crippen molar-refractivity contribution in [3.8, 4) is 0 Å². The Morgan fingerprint density at radius 1 is 1.14 bits per heavy atom. The molecule has 0 spiro atoms. The lowest BCUT2D eigenvalue weighted by Gasteiger charge is -2.61. The fraction of sp³-hybridized carbons (Fsp3) is 0.762. The van der Waals surface area contributed by atoms with E-state index >= 15 is 0 Å². The molecule has 0 amide bonds. The van der Waals surface area contributed by atoms with E-state index in [1.807, 2.05) is 6.92 Å². The van der Waals surface area contributed by atoms with E-state index in [9.17, 15) is 19.5 Å². The molecule has 0 heterocycles. The van der Waals surface area contributed by atoms with Crippen LogP contribution in [0.1, 0.15) is 60.3 Å². The predicted octanol–water partition coefficient (Wildman–Crippen LogP) is 2.55. The highest BCUT2D eigenvalue weighted by Gasteiger charge is 2.64. The van der Waals surface area contributed by atoms with Crippen molar-refractivity contribution >= 4 is 17.9 Å². The zero-order chi connectivity index (χ0) is 21.3. The highest BCUT2D eigenvalue weighted by Crippen LogP contribution is 2.62. The fourth-order valence-electron chi connectivity index (χ4n) is 5.39. The number of fused-ring (bicyclic) bond motifs is 1. The second kappa shape index (κ2) is 7.85. The van der Waals surface area contributed by atoms with Gasteiger partial charge in [-0.15, -0.1) is 0 Å². The van der Waals surface area contributed by atoms with Crippen molar-refractivity contribution in [2.45, 2.75) is 72.0 Å². The van der Waals surface area contributed by atoms with Gasteiger partial charge < -0.3 is 19.3 Å².